The summed E-state index contributed by atoms with van der Waals surface area (Å²) in [6.45, 7) is 3.01. The molecule has 2 aliphatic heterocycles. The third kappa shape index (κ3) is 7.16. The van der Waals surface area contributed by atoms with Gasteiger partial charge in [-0.05, 0) is 61.4 Å². The zero-order valence-electron chi connectivity index (χ0n) is 25.5. The normalized spacial score (nSPS) is 31.7. The van der Waals surface area contributed by atoms with Crippen LogP contribution in [0.25, 0.3) is 11.1 Å². The van der Waals surface area contributed by atoms with Crippen molar-refractivity contribution in [2.75, 3.05) is 26.1 Å². The molecule has 2 saturated heterocycles. The molecule has 0 bridgehead atoms. The maximum absolute atomic E-state index is 11.2. The van der Waals surface area contributed by atoms with Crippen LogP contribution in [0.1, 0.15) is 20.3 Å². The highest BCUT2D eigenvalue weighted by molar-refractivity contribution is 6.30. The molecule has 3 aromatic rings. The van der Waals surface area contributed by atoms with Crippen LogP contribution in [0.5, 0.6) is 17.2 Å². The van der Waals surface area contributed by atoms with Crippen molar-refractivity contribution < 1.29 is 48.8 Å². The van der Waals surface area contributed by atoms with Gasteiger partial charge in [0.15, 0.2) is 23.9 Å². The van der Waals surface area contributed by atoms with Crippen LogP contribution in [-0.2, 0) is 14.2 Å². The average Bonchev–Trinajstić information content (AvgIpc) is 3.04. The van der Waals surface area contributed by atoms with Crippen LogP contribution in [0, 0.1) is 0 Å². The summed E-state index contributed by atoms with van der Waals surface area (Å²) in [5.41, 5.74) is 1.88. The van der Waals surface area contributed by atoms with Crippen molar-refractivity contribution in [3.63, 3.8) is 0 Å². The van der Waals surface area contributed by atoms with E-state index in [1.165, 1.54) is 14.2 Å². The molecule has 12 heteroatoms. The quantitative estimate of drug-likeness (QED) is 0.220. The van der Waals surface area contributed by atoms with Crippen LogP contribution in [0.15, 0.2) is 66.7 Å². The molecule has 5 N–H and O–H groups in total. The number of aliphatic hydroxyl groups is 4. The Morgan fingerprint density at radius 1 is 0.889 bits per heavy atom. The summed E-state index contributed by atoms with van der Waals surface area (Å²) < 4.78 is 35.2. The van der Waals surface area contributed by atoms with Crippen LogP contribution in [-0.4, -0.2) is 96.0 Å². The summed E-state index contributed by atoms with van der Waals surface area (Å²) in [5.74, 6) is 0.855. The molecule has 0 aliphatic carbocycles. The Labute approximate surface area is 267 Å². The first-order chi connectivity index (χ1) is 21.6. The predicted molar refractivity (Wildman–Crippen MR) is 167 cm³/mol. The zero-order chi connectivity index (χ0) is 32.3. The van der Waals surface area contributed by atoms with E-state index < -0.39 is 61.3 Å². The molecule has 0 saturated carbocycles. The fourth-order valence-electron chi connectivity index (χ4n) is 5.79. The number of aliphatic hydroxyl groups excluding tert-OH is 4. The number of halogens is 1. The minimum atomic E-state index is -1.52. The fourth-order valence-corrected chi connectivity index (χ4v) is 5.92. The van der Waals surface area contributed by atoms with Gasteiger partial charge in [-0.3, -0.25) is 0 Å². The Hall–Kier alpha value is -3.13. The Morgan fingerprint density at radius 3 is 2.07 bits per heavy atom. The lowest BCUT2D eigenvalue weighted by Crippen LogP contribution is -2.64. The van der Waals surface area contributed by atoms with Gasteiger partial charge in [0, 0.05) is 17.1 Å². The second-order valence-corrected chi connectivity index (χ2v) is 11.9. The molecule has 2 aliphatic rings. The van der Waals surface area contributed by atoms with Crippen LogP contribution >= 0.6 is 11.6 Å². The van der Waals surface area contributed by atoms with Crippen LogP contribution in [0.2, 0.25) is 5.02 Å². The molecule has 5 rings (SSSR count). The summed E-state index contributed by atoms with van der Waals surface area (Å²) in [6.07, 6.45) is -9.12. The van der Waals surface area contributed by atoms with E-state index in [9.17, 15) is 20.4 Å². The number of anilines is 1. The molecule has 11 nitrogen and oxygen atoms in total. The van der Waals surface area contributed by atoms with E-state index in [-0.39, 0.29) is 12.2 Å². The van der Waals surface area contributed by atoms with E-state index in [4.69, 9.17) is 40.0 Å². The van der Waals surface area contributed by atoms with Gasteiger partial charge in [0.05, 0.1) is 32.5 Å². The molecular formula is C33H40ClNO10. The minimum Gasteiger partial charge on any atom is -0.493 e. The molecule has 45 heavy (non-hydrogen) atoms. The highest BCUT2D eigenvalue weighted by Crippen LogP contribution is 2.41. The lowest BCUT2D eigenvalue weighted by atomic mass is 9.84. The van der Waals surface area contributed by atoms with Crippen molar-refractivity contribution in [3.8, 4) is 28.4 Å². The second-order valence-electron chi connectivity index (χ2n) is 11.5. The van der Waals surface area contributed by atoms with Crippen LogP contribution < -0.4 is 19.5 Å². The van der Waals surface area contributed by atoms with E-state index in [2.05, 4.69) is 5.32 Å². The van der Waals surface area contributed by atoms with Crippen molar-refractivity contribution in [3.05, 3.63) is 71.8 Å². The summed E-state index contributed by atoms with van der Waals surface area (Å²) in [7, 11) is 2.93. The van der Waals surface area contributed by atoms with Crippen molar-refractivity contribution in [1.82, 2.24) is 0 Å². The van der Waals surface area contributed by atoms with Gasteiger partial charge in [-0.2, -0.15) is 0 Å². The molecule has 9 atom stereocenters. The number of rotatable bonds is 10. The lowest BCUT2D eigenvalue weighted by molar-refractivity contribution is -0.332. The highest BCUT2D eigenvalue weighted by Gasteiger charge is 2.51. The van der Waals surface area contributed by atoms with E-state index in [0.717, 1.165) is 16.8 Å². The molecule has 2 fully saturated rings. The largest absolute Gasteiger partial charge is 0.493 e. The van der Waals surface area contributed by atoms with Gasteiger partial charge in [-0.1, -0.05) is 41.9 Å². The smallest absolute Gasteiger partial charge is 0.230 e. The van der Waals surface area contributed by atoms with Gasteiger partial charge in [-0.15, -0.1) is 0 Å². The van der Waals surface area contributed by atoms with Gasteiger partial charge < -0.3 is 54.2 Å². The molecule has 0 aromatic heterocycles. The van der Waals surface area contributed by atoms with E-state index in [0.29, 0.717) is 16.5 Å². The average molecular weight is 646 g/mol. The molecule has 244 valence electrons. The van der Waals surface area contributed by atoms with Crippen molar-refractivity contribution in [2.45, 2.75) is 75.0 Å². The predicted octanol–water partition coefficient (Wildman–Crippen LogP) is 3.59. The first-order valence-electron chi connectivity index (χ1n) is 14.7. The van der Waals surface area contributed by atoms with Gasteiger partial charge in [0.2, 0.25) is 12.0 Å². The molecular weight excluding hydrogens is 606 g/mol. The standard InChI is InChI=1S/C33H40ClNO10/c1-18-31(39)33(2,35-22-14-10-20(11-15-22)19-8-12-21(34)13-9-19)16-26(42-18)44-30-28(38)27(37)25(17-36)43-32(30)45-29-23(40-3)6-5-7-24(29)41-4/h5-15,18,25-28,30-32,35-39H,16-17H2,1-4H3/t18-,25+,26-,27+,28-,30+,31-,32-,33-/m0/s1. The summed E-state index contributed by atoms with van der Waals surface area (Å²) in [6, 6.07) is 20.4. The number of benzene rings is 3. The third-order valence-corrected chi connectivity index (χ3v) is 8.55. The summed E-state index contributed by atoms with van der Waals surface area (Å²) in [5, 5.41) is 47.0. The highest BCUT2D eigenvalue weighted by atomic mass is 35.5. The Morgan fingerprint density at radius 2 is 1.49 bits per heavy atom. The van der Waals surface area contributed by atoms with Gasteiger partial charge in [0.1, 0.15) is 24.4 Å². The monoisotopic (exact) mass is 645 g/mol. The maximum Gasteiger partial charge on any atom is 0.230 e. The first kappa shape index (κ1) is 33.2. The van der Waals surface area contributed by atoms with Crippen LogP contribution in [0.3, 0.4) is 0 Å². The second kappa shape index (κ2) is 14.1. The fraction of sp³-hybridized carbons (Fsp3) is 0.455. The number of para-hydroxylation sites is 1. The molecule has 0 radical (unpaired) electrons. The van der Waals surface area contributed by atoms with Gasteiger partial charge in [-0.25, -0.2) is 0 Å². The van der Waals surface area contributed by atoms with Crippen LogP contribution in [0.4, 0.5) is 5.69 Å². The Kier molecular flexibility index (Phi) is 10.4. The maximum atomic E-state index is 11.2. The number of methoxy groups -OCH3 is 2. The third-order valence-electron chi connectivity index (χ3n) is 8.30. The molecule has 0 amide bonds. The Balaban J connectivity index is 1.36. The minimum absolute atomic E-state index is 0.158. The molecule has 0 spiro atoms. The number of hydrogen-bond acceptors (Lipinski definition) is 11. The van der Waals surface area contributed by atoms with Crippen molar-refractivity contribution in [1.29, 1.82) is 0 Å². The molecule has 2 heterocycles. The van der Waals surface area contributed by atoms with Gasteiger partial charge >= 0.3 is 0 Å². The number of ether oxygens (including phenoxy) is 6. The number of hydrogen-bond donors (Lipinski definition) is 5. The summed E-state index contributed by atoms with van der Waals surface area (Å²) >= 11 is 6.03. The first-order valence-corrected chi connectivity index (χ1v) is 15.1. The topological polar surface area (TPSA) is 148 Å². The van der Waals surface area contributed by atoms with E-state index in [1.54, 1.807) is 25.1 Å². The van der Waals surface area contributed by atoms with E-state index >= 15 is 0 Å². The van der Waals surface area contributed by atoms with Gasteiger partial charge in [0.25, 0.3) is 0 Å². The zero-order valence-corrected chi connectivity index (χ0v) is 26.3. The lowest BCUT2D eigenvalue weighted by Gasteiger charge is -2.48. The summed E-state index contributed by atoms with van der Waals surface area (Å²) in [4.78, 5) is 0. The Bertz CT molecular complexity index is 1390. The van der Waals surface area contributed by atoms with E-state index in [1.807, 2.05) is 55.5 Å². The molecule has 3 aromatic carbocycles. The van der Waals surface area contributed by atoms with Crippen molar-refractivity contribution in [2.24, 2.45) is 0 Å². The SMILES string of the molecule is COc1cccc(OC)c1O[C@@H]1O[C@H](CO)[C@@H](O)[C@H](O)[C@H]1O[C@H]1C[C@](C)(Nc2ccc(-c3ccc(Cl)cc3)cc2)[C@@H](O)[C@H](C)O1. The number of nitrogens with one attached hydrogen (secondary N) is 1. The molecule has 0 unspecified atom stereocenters. The van der Waals surface area contributed by atoms with Crippen molar-refractivity contribution >= 4 is 17.3 Å².